The summed E-state index contributed by atoms with van der Waals surface area (Å²) in [4.78, 5) is 23.7. The van der Waals surface area contributed by atoms with Crippen molar-refractivity contribution in [2.24, 2.45) is 5.41 Å². The highest BCUT2D eigenvalue weighted by Crippen LogP contribution is 2.23. The summed E-state index contributed by atoms with van der Waals surface area (Å²) < 4.78 is 0. The van der Waals surface area contributed by atoms with E-state index in [9.17, 15) is 9.59 Å². The van der Waals surface area contributed by atoms with Crippen LogP contribution in [0.5, 0.6) is 0 Å². The number of carbonyl (C=O) groups is 2. The Kier molecular flexibility index (Phi) is 5.12. The molecule has 0 aliphatic heterocycles. The van der Waals surface area contributed by atoms with Gasteiger partial charge in [0.05, 0.1) is 5.54 Å². The van der Waals surface area contributed by atoms with Crippen molar-refractivity contribution < 1.29 is 9.59 Å². The number of amides is 1. The third kappa shape index (κ3) is 4.77. The van der Waals surface area contributed by atoms with Crippen molar-refractivity contribution in [2.75, 3.05) is 7.05 Å². The van der Waals surface area contributed by atoms with Gasteiger partial charge < -0.3 is 10.6 Å². The fourth-order valence-corrected chi connectivity index (χ4v) is 1.81. The van der Waals surface area contributed by atoms with E-state index in [0.717, 1.165) is 0 Å². The number of ketones is 1. The van der Waals surface area contributed by atoms with Crippen LogP contribution in [-0.2, 0) is 9.59 Å². The van der Waals surface area contributed by atoms with E-state index < -0.39 is 16.5 Å². The number of carbonyl (C=O) groups excluding carboxylic acids is 2. The van der Waals surface area contributed by atoms with Crippen LogP contribution in [0.25, 0.3) is 0 Å². The molecule has 0 aromatic heterocycles. The normalized spacial score (nSPS) is 16.0. The maximum atomic E-state index is 12.0. The molecular formula is C14H28N2O2. The molecule has 1 amide bonds. The molecule has 0 saturated heterocycles. The summed E-state index contributed by atoms with van der Waals surface area (Å²) in [6.45, 7) is 12.9. The Bertz CT molecular complexity index is 329. The third-order valence-corrected chi connectivity index (χ3v) is 3.26. The van der Waals surface area contributed by atoms with Crippen molar-refractivity contribution in [3.8, 4) is 0 Å². The summed E-state index contributed by atoms with van der Waals surface area (Å²) >= 11 is 0. The van der Waals surface area contributed by atoms with Crippen LogP contribution in [0, 0.1) is 5.41 Å². The van der Waals surface area contributed by atoms with Gasteiger partial charge in [-0.25, -0.2) is 0 Å². The lowest BCUT2D eigenvalue weighted by molar-refractivity contribution is -0.131. The largest absolute Gasteiger partial charge is 0.351 e. The molecule has 4 nitrogen and oxygen atoms in total. The van der Waals surface area contributed by atoms with Crippen molar-refractivity contribution in [1.82, 2.24) is 10.6 Å². The molecule has 0 aliphatic carbocycles. The van der Waals surface area contributed by atoms with Crippen LogP contribution in [0.3, 0.4) is 0 Å². The van der Waals surface area contributed by atoms with Crippen LogP contribution in [0.15, 0.2) is 0 Å². The highest BCUT2D eigenvalue weighted by molar-refractivity contribution is 5.86. The highest BCUT2D eigenvalue weighted by Gasteiger charge is 2.37. The Labute approximate surface area is 111 Å². The molecule has 0 aromatic carbocycles. The lowest BCUT2D eigenvalue weighted by atomic mass is 9.82. The first-order valence-corrected chi connectivity index (χ1v) is 6.37. The summed E-state index contributed by atoms with van der Waals surface area (Å²) in [5.74, 6) is 0.0672. The number of likely N-dealkylation sites (N-methyl/N-ethyl adjacent to an activating group) is 1. The van der Waals surface area contributed by atoms with Gasteiger partial charge in [0, 0.05) is 11.0 Å². The molecule has 1 atom stereocenters. The fourth-order valence-electron chi connectivity index (χ4n) is 1.81. The van der Waals surface area contributed by atoms with Crippen molar-refractivity contribution >= 4 is 11.7 Å². The second kappa shape index (κ2) is 5.39. The van der Waals surface area contributed by atoms with Crippen LogP contribution in [0.2, 0.25) is 0 Å². The third-order valence-electron chi connectivity index (χ3n) is 3.26. The molecule has 0 heterocycles. The lowest BCUT2D eigenvalue weighted by Crippen LogP contribution is -2.57. The van der Waals surface area contributed by atoms with E-state index in [4.69, 9.17) is 0 Å². The van der Waals surface area contributed by atoms with Crippen LogP contribution in [-0.4, -0.2) is 29.8 Å². The minimum Gasteiger partial charge on any atom is -0.351 e. The van der Waals surface area contributed by atoms with Crippen LogP contribution in [0.4, 0.5) is 0 Å². The first kappa shape index (κ1) is 17.1. The zero-order valence-electron chi connectivity index (χ0n) is 13.0. The quantitative estimate of drug-likeness (QED) is 0.789. The summed E-state index contributed by atoms with van der Waals surface area (Å²) in [6.07, 6.45) is 0.549. The summed E-state index contributed by atoms with van der Waals surface area (Å²) in [7, 11) is 1.77. The van der Waals surface area contributed by atoms with E-state index in [1.54, 1.807) is 14.0 Å². The molecule has 0 radical (unpaired) electrons. The molecule has 0 saturated carbocycles. The number of rotatable bonds is 5. The molecule has 18 heavy (non-hydrogen) atoms. The van der Waals surface area contributed by atoms with Crippen LogP contribution >= 0.6 is 0 Å². The van der Waals surface area contributed by atoms with Gasteiger partial charge in [-0.15, -0.1) is 0 Å². The monoisotopic (exact) mass is 256 g/mol. The van der Waals surface area contributed by atoms with E-state index in [2.05, 4.69) is 10.6 Å². The van der Waals surface area contributed by atoms with Gasteiger partial charge in [0.1, 0.15) is 5.78 Å². The number of nitrogens with one attached hydrogen (secondary N) is 2. The van der Waals surface area contributed by atoms with Gasteiger partial charge in [-0.3, -0.25) is 9.59 Å². The average molecular weight is 256 g/mol. The predicted molar refractivity (Wildman–Crippen MR) is 74.4 cm³/mol. The number of Topliss-reactive ketones (excluding diaryl/α,β-unsaturated/α-hetero) is 1. The van der Waals surface area contributed by atoms with Crippen molar-refractivity contribution in [3.05, 3.63) is 0 Å². The lowest BCUT2D eigenvalue weighted by Gasteiger charge is -2.37. The van der Waals surface area contributed by atoms with Gasteiger partial charge in [0.25, 0.3) is 0 Å². The fraction of sp³-hybridized carbons (Fsp3) is 0.857. The van der Waals surface area contributed by atoms with E-state index in [-0.39, 0.29) is 11.7 Å². The Morgan fingerprint density at radius 1 is 1.00 bits per heavy atom. The predicted octanol–water partition coefficient (Wildman–Crippen LogP) is 1.88. The topological polar surface area (TPSA) is 58.2 Å². The molecular weight excluding hydrogens is 228 g/mol. The van der Waals surface area contributed by atoms with E-state index in [1.165, 1.54) is 0 Å². The van der Waals surface area contributed by atoms with Gasteiger partial charge >= 0.3 is 0 Å². The van der Waals surface area contributed by atoms with Gasteiger partial charge in [0.2, 0.25) is 5.91 Å². The average Bonchev–Trinajstić information content (AvgIpc) is 2.14. The van der Waals surface area contributed by atoms with Crippen LogP contribution < -0.4 is 10.6 Å². The second-order valence-electron chi connectivity index (χ2n) is 6.90. The Hall–Kier alpha value is -0.900. The molecule has 0 bridgehead atoms. The molecule has 4 heteroatoms. The van der Waals surface area contributed by atoms with Gasteiger partial charge in [-0.2, -0.15) is 0 Å². The van der Waals surface area contributed by atoms with E-state index in [0.29, 0.717) is 6.42 Å². The van der Waals surface area contributed by atoms with Crippen molar-refractivity contribution in [3.63, 3.8) is 0 Å². The Morgan fingerprint density at radius 3 is 1.72 bits per heavy atom. The number of hydrogen-bond acceptors (Lipinski definition) is 3. The summed E-state index contributed by atoms with van der Waals surface area (Å²) in [5, 5.41) is 6.06. The Morgan fingerprint density at radius 2 is 1.44 bits per heavy atom. The second-order valence-corrected chi connectivity index (χ2v) is 6.90. The summed E-state index contributed by atoms with van der Waals surface area (Å²) in [5.41, 5.74) is -1.48. The molecule has 0 fully saturated rings. The van der Waals surface area contributed by atoms with Gasteiger partial charge in [0.15, 0.2) is 0 Å². The first-order valence-electron chi connectivity index (χ1n) is 6.37. The maximum Gasteiger partial charge on any atom is 0.225 e. The molecule has 2 N–H and O–H groups in total. The molecule has 0 aromatic rings. The number of hydrogen-bond donors (Lipinski definition) is 2. The molecule has 0 aliphatic rings. The van der Waals surface area contributed by atoms with Crippen LogP contribution in [0.1, 0.15) is 54.9 Å². The van der Waals surface area contributed by atoms with Crippen molar-refractivity contribution in [2.45, 2.75) is 66.0 Å². The zero-order chi connectivity index (χ0) is 14.8. The minimum absolute atomic E-state index is 0.00509. The van der Waals surface area contributed by atoms with E-state index >= 15 is 0 Å². The van der Waals surface area contributed by atoms with Crippen molar-refractivity contribution in [1.29, 1.82) is 0 Å². The SMILES string of the molecule is CNC(C)(CC(C)(C)NC(=O)C(C)(C)C)C(C)=O. The maximum absolute atomic E-state index is 12.0. The van der Waals surface area contributed by atoms with E-state index in [1.807, 2.05) is 41.5 Å². The highest BCUT2D eigenvalue weighted by atomic mass is 16.2. The Balaban J connectivity index is 4.86. The van der Waals surface area contributed by atoms with Gasteiger partial charge in [-0.05, 0) is 41.2 Å². The molecule has 0 rings (SSSR count). The molecule has 106 valence electrons. The molecule has 0 spiro atoms. The van der Waals surface area contributed by atoms with Gasteiger partial charge in [-0.1, -0.05) is 20.8 Å². The first-order chi connectivity index (χ1) is 7.84. The molecule has 1 unspecified atom stereocenters. The minimum atomic E-state index is -0.616. The zero-order valence-corrected chi connectivity index (χ0v) is 13.0. The summed E-state index contributed by atoms with van der Waals surface area (Å²) in [6, 6.07) is 0. The smallest absolute Gasteiger partial charge is 0.225 e. The standard InChI is InChI=1S/C14H28N2O2/c1-10(17)14(7,15-8)9-13(5,6)16-11(18)12(2,3)4/h15H,9H2,1-8H3,(H,16,18).